The van der Waals surface area contributed by atoms with E-state index in [0.717, 1.165) is 11.3 Å². The first-order chi connectivity index (χ1) is 11.1. The van der Waals surface area contributed by atoms with Crippen molar-refractivity contribution >= 4 is 0 Å². The molecule has 2 aromatic carbocycles. The summed E-state index contributed by atoms with van der Waals surface area (Å²) in [6, 6.07) is 13.6. The predicted molar refractivity (Wildman–Crippen MR) is 87.3 cm³/mol. The summed E-state index contributed by atoms with van der Waals surface area (Å²) in [4.78, 5) is 0. The Morgan fingerprint density at radius 3 is 2.57 bits per heavy atom. The van der Waals surface area contributed by atoms with Crippen LogP contribution in [0.1, 0.15) is 18.5 Å². The Morgan fingerprint density at radius 1 is 1.13 bits per heavy atom. The van der Waals surface area contributed by atoms with Gasteiger partial charge in [-0.15, -0.1) is 0 Å². The first-order valence-electron chi connectivity index (χ1n) is 7.52. The zero-order chi connectivity index (χ0) is 16.7. The van der Waals surface area contributed by atoms with Gasteiger partial charge in [-0.05, 0) is 48.9 Å². The number of aliphatic hydroxyl groups is 1. The van der Waals surface area contributed by atoms with Gasteiger partial charge in [-0.25, -0.2) is 4.39 Å². The van der Waals surface area contributed by atoms with Crippen molar-refractivity contribution in [2.75, 3.05) is 20.3 Å². The number of benzene rings is 2. The van der Waals surface area contributed by atoms with Gasteiger partial charge < -0.3 is 19.9 Å². The molecular formula is C18H22FNO3. The molecule has 5 heteroatoms. The number of halogens is 1. The van der Waals surface area contributed by atoms with Crippen LogP contribution in [0.5, 0.6) is 11.5 Å². The molecule has 0 aliphatic carbocycles. The van der Waals surface area contributed by atoms with E-state index in [2.05, 4.69) is 5.32 Å². The summed E-state index contributed by atoms with van der Waals surface area (Å²) in [5, 5.41) is 13.2. The first-order valence-corrected chi connectivity index (χ1v) is 7.52. The molecule has 4 nitrogen and oxygen atoms in total. The van der Waals surface area contributed by atoms with Crippen molar-refractivity contribution in [3.8, 4) is 11.5 Å². The largest absolute Gasteiger partial charge is 0.497 e. The Morgan fingerprint density at radius 2 is 1.87 bits per heavy atom. The Balaban J connectivity index is 1.76. The summed E-state index contributed by atoms with van der Waals surface area (Å²) in [5.74, 6) is 1.02. The standard InChI is InChI=1S/C18H22FNO3/c1-13(14-4-3-5-18(10-14)22-2)20-11-16(21)12-23-17-8-6-15(19)7-9-17/h3-10,13,16,20-21H,11-12H2,1-2H3. The van der Waals surface area contributed by atoms with Gasteiger partial charge in [0.05, 0.1) is 7.11 Å². The van der Waals surface area contributed by atoms with Gasteiger partial charge in [0.25, 0.3) is 0 Å². The van der Waals surface area contributed by atoms with E-state index in [4.69, 9.17) is 9.47 Å². The van der Waals surface area contributed by atoms with Crippen molar-refractivity contribution in [3.63, 3.8) is 0 Å². The molecule has 2 atom stereocenters. The minimum Gasteiger partial charge on any atom is -0.497 e. The number of ether oxygens (including phenoxy) is 2. The third-order valence-corrected chi connectivity index (χ3v) is 3.51. The lowest BCUT2D eigenvalue weighted by molar-refractivity contribution is 0.104. The molecule has 23 heavy (non-hydrogen) atoms. The van der Waals surface area contributed by atoms with Crippen molar-refractivity contribution in [2.24, 2.45) is 0 Å². The highest BCUT2D eigenvalue weighted by Gasteiger charge is 2.10. The number of hydrogen-bond acceptors (Lipinski definition) is 4. The number of hydrogen-bond donors (Lipinski definition) is 2. The smallest absolute Gasteiger partial charge is 0.123 e. The molecule has 0 saturated heterocycles. The quantitative estimate of drug-likeness (QED) is 0.785. The molecule has 2 rings (SSSR count). The van der Waals surface area contributed by atoms with Crippen molar-refractivity contribution in [1.82, 2.24) is 5.32 Å². The summed E-state index contributed by atoms with van der Waals surface area (Å²) in [6.07, 6.45) is -0.659. The monoisotopic (exact) mass is 319 g/mol. The van der Waals surface area contributed by atoms with E-state index in [0.29, 0.717) is 12.3 Å². The van der Waals surface area contributed by atoms with Crippen molar-refractivity contribution < 1.29 is 19.0 Å². The highest BCUT2D eigenvalue weighted by Crippen LogP contribution is 2.18. The van der Waals surface area contributed by atoms with Crippen molar-refractivity contribution in [2.45, 2.75) is 19.1 Å². The number of nitrogens with one attached hydrogen (secondary N) is 1. The Bertz CT molecular complexity index is 603. The maximum absolute atomic E-state index is 12.8. The van der Waals surface area contributed by atoms with Gasteiger partial charge in [0.1, 0.15) is 30.0 Å². The molecule has 0 fully saturated rings. The zero-order valence-corrected chi connectivity index (χ0v) is 13.3. The highest BCUT2D eigenvalue weighted by molar-refractivity contribution is 5.30. The van der Waals surface area contributed by atoms with E-state index in [1.165, 1.54) is 24.3 Å². The zero-order valence-electron chi connectivity index (χ0n) is 13.3. The molecule has 0 aliphatic rings. The van der Waals surface area contributed by atoms with Crippen molar-refractivity contribution in [3.05, 3.63) is 59.9 Å². The van der Waals surface area contributed by atoms with E-state index in [1.807, 2.05) is 31.2 Å². The summed E-state index contributed by atoms with van der Waals surface area (Å²) in [6.45, 7) is 2.55. The molecule has 2 unspecified atom stereocenters. The molecule has 124 valence electrons. The molecule has 0 heterocycles. The second-order valence-electron chi connectivity index (χ2n) is 5.33. The molecule has 0 saturated carbocycles. The van der Waals surface area contributed by atoms with Crippen LogP contribution >= 0.6 is 0 Å². The lowest BCUT2D eigenvalue weighted by Gasteiger charge is -2.18. The Hall–Kier alpha value is -2.11. The van der Waals surface area contributed by atoms with Gasteiger partial charge in [-0.3, -0.25) is 0 Å². The highest BCUT2D eigenvalue weighted by atomic mass is 19.1. The fraction of sp³-hybridized carbons (Fsp3) is 0.333. The molecule has 0 bridgehead atoms. The molecule has 2 aromatic rings. The Labute approximate surface area is 135 Å². The average molecular weight is 319 g/mol. The van der Waals surface area contributed by atoms with Gasteiger partial charge in [-0.1, -0.05) is 12.1 Å². The van der Waals surface area contributed by atoms with E-state index < -0.39 is 6.10 Å². The van der Waals surface area contributed by atoms with Gasteiger partial charge >= 0.3 is 0 Å². The van der Waals surface area contributed by atoms with Crippen LogP contribution in [0.2, 0.25) is 0 Å². The second kappa shape index (κ2) is 8.50. The summed E-state index contributed by atoms with van der Waals surface area (Å²) >= 11 is 0. The first kappa shape index (κ1) is 17.2. The van der Waals surface area contributed by atoms with Crippen LogP contribution in [-0.4, -0.2) is 31.5 Å². The predicted octanol–water partition coefficient (Wildman–Crippen LogP) is 2.92. The van der Waals surface area contributed by atoms with E-state index in [-0.39, 0.29) is 18.5 Å². The fourth-order valence-electron chi connectivity index (χ4n) is 2.12. The topological polar surface area (TPSA) is 50.7 Å². The third kappa shape index (κ3) is 5.54. The van der Waals surface area contributed by atoms with Gasteiger partial charge in [-0.2, -0.15) is 0 Å². The van der Waals surface area contributed by atoms with Crippen LogP contribution in [0.15, 0.2) is 48.5 Å². The molecule has 0 amide bonds. The Kier molecular flexibility index (Phi) is 6.38. The second-order valence-corrected chi connectivity index (χ2v) is 5.33. The van der Waals surface area contributed by atoms with Gasteiger partial charge in [0.15, 0.2) is 0 Å². The lowest BCUT2D eigenvalue weighted by atomic mass is 10.1. The van der Waals surface area contributed by atoms with Crippen LogP contribution in [0.3, 0.4) is 0 Å². The maximum Gasteiger partial charge on any atom is 0.123 e. The minimum atomic E-state index is -0.659. The lowest BCUT2D eigenvalue weighted by Crippen LogP contribution is -2.33. The van der Waals surface area contributed by atoms with Crippen LogP contribution in [0, 0.1) is 5.82 Å². The molecule has 0 aliphatic heterocycles. The van der Waals surface area contributed by atoms with Gasteiger partial charge in [0, 0.05) is 12.6 Å². The van der Waals surface area contributed by atoms with E-state index >= 15 is 0 Å². The average Bonchev–Trinajstić information content (AvgIpc) is 2.59. The number of methoxy groups -OCH3 is 1. The number of rotatable bonds is 8. The van der Waals surface area contributed by atoms with E-state index in [1.54, 1.807) is 7.11 Å². The minimum absolute atomic E-state index is 0.0746. The SMILES string of the molecule is COc1cccc(C(C)NCC(O)COc2ccc(F)cc2)c1. The van der Waals surface area contributed by atoms with Gasteiger partial charge in [0.2, 0.25) is 0 Å². The molecular weight excluding hydrogens is 297 g/mol. The van der Waals surface area contributed by atoms with Crippen LogP contribution in [0.4, 0.5) is 4.39 Å². The van der Waals surface area contributed by atoms with Crippen LogP contribution in [0.25, 0.3) is 0 Å². The summed E-state index contributed by atoms with van der Waals surface area (Å²) in [7, 11) is 1.63. The van der Waals surface area contributed by atoms with Crippen LogP contribution in [-0.2, 0) is 0 Å². The molecule has 0 spiro atoms. The summed E-state index contributed by atoms with van der Waals surface area (Å²) in [5.41, 5.74) is 1.08. The normalized spacial score (nSPS) is 13.4. The third-order valence-electron chi connectivity index (χ3n) is 3.51. The molecule has 2 N–H and O–H groups in total. The fourth-order valence-corrected chi connectivity index (χ4v) is 2.12. The maximum atomic E-state index is 12.8. The summed E-state index contributed by atoms with van der Waals surface area (Å²) < 4.78 is 23.4. The number of aliphatic hydroxyl groups excluding tert-OH is 1. The van der Waals surface area contributed by atoms with Crippen LogP contribution < -0.4 is 14.8 Å². The van der Waals surface area contributed by atoms with E-state index in [9.17, 15) is 9.50 Å². The van der Waals surface area contributed by atoms with Crippen molar-refractivity contribution in [1.29, 1.82) is 0 Å². The molecule has 0 aromatic heterocycles. The molecule has 0 radical (unpaired) electrons.